The number of nitrogens with zero attached hydrogens (tertiary/aromatic N) is 1. The Balaban J connectivity index is 2.66. The summed E-state index contributed by atoms with van der Waals surface area (Å²) in [4.78, 5) is 31.0. The largest absolute Gasteiger partial charge is 0.480 e. The number of rotatable bonds is 4. The summed E-state index contributed by atoms with van der Waals surface area (Å²) in [5.74, 6) is -1.81. The van der Waals surface area contributed by atoms with Crippen LogP contribution in [0.5, 0.6) is 0 Å². The highest BCUT2D eigenvalue weighted by molar-refractivity contribution is 7.13. The number of aliphatic carboxylic acids is 1. The highest BCUT2D eigenvalue weighted by Crippen LogP contribution is 2.22. The van der Waals surface area contributed by atoms with Crippen molar-refractivity contribution in [1.82, 2.24) is 5.32 Å². The van der Waals surface area contributed by atoms with E-state index in [4.69, 9.17) is 5.11 Å². The van der Waals surface area contributed by atoms with E-state index in [-0.39, 0.29) is 10.6 Å². The van der Waals surface area contributed by atoms with Crippen molar-refractivity contribution in [2.24, 2.45) is 0 Å². The normalized spacial score (nSPS) is 9.60. The third kappa shape index (κ3) is 3.02. The van der Waals surface area contributed by atoms with E-state index in [9.17, 15) is 19.7 Å². The summed E-state index contributed by atoms with van der Waals surface area (Å²) in [6, 6.07) is 1.10. The molecule has 1 heterocycles. The molecule has 0 fully saturated rings. The highest BCUT2D eigenvalue weighted by atomic mass is 32.1. The molecule has 1 rings (SSSR count). The third-order valence-electron chi connectivity index (χ3n) is 1.43. The Morgan fingerprint density at radius 3 is 2.73 bits per heavy atom. The first-order valence-corrected chi connectivity index (χ1v) is 4.61. The van der Waals surface area contributed by atoms with Gasteiger partial charge in [0.1, 0.15) is 6.54 Å². The van der Waals surface area contributed by atoms with Crippen LogP contribution in [0.4, 0.5) is 5.00 Å². The van der Waals surface area contributed by atoms with Gasteiger partial charge in [0.15, 0.2) is 0 Å². The monoisotopic (exact) mass is 230 g/mol. The van der Waals surface area contributed by atoms with Crippen LogP contribution in [0.15, 0.2) is 11.4 Å². The van der Waals surface area contributed by atoms with Crippen LogP contribution in [0.3, 0.4) is 0 Å². The van der Waals surface area contributed by atoms with Crippen LogP contribution in [0.25, 0.3) is 0 Å². The third-order valence-corrected chi connectivity index (χ3v) is 2.31. The summed E-state index contributed by atoms with van der Waals surface area (Å²) >= 11 is 0.813. The summed E-state index contributed by atoms with van der Waals surface area (Å²) in [7, 11) is 0. The quantitative estimate of drug-likeness (QED) is 0.577. The summed E-state index contributed by atoms with van der Waals surface area (Å²) < 4.78 is 0. The maximum Gasteiger partial charge on any atom is 0.324 e. The van der Waals surface area contributed by atoms with Gasteiger partial charge in [0.25, 0.3) is 5.91 Å². The SMILES string of the molecule is O=C(O)CNC(=O)c1csc([N+](=O)[O-])c1. The molecule has 15 heavy (non-hydrogen) atoms. The fraction of sp³-hybridized carbons (Fsp3) is 0.143. The number of hydrogen-bond acceptors (Lipinski definition) is 5. The van der Waals surface area contributed by atoms with Crippen LogP contribution in [-0.2, 0) is 4.79 Å². The molecule has 8 heteroatoms. The Kier molecular flexibility index (Phi) is 3.34. The van der Waals surface area contributed by atoms with Crippen LogP contribution in [0.2, 0.25) is 0 Å². The van der Waals surface area contributed by atoms with Crippen molar-refractivity contribution in [1.29, 1.82) is 0 Å². The number of amides is 1. The fourth-order valence-electron chi connectivity index (χ4n) is 0.798. The van der Waals surface area contributed by atoms with E-state index in [1.165, 1.54) is 5.38 Å². The van der Waals surface area contributed by atoms with Crippen molar-refractivity contribution in [3.8, 4) is 0 Å². The van der Waals surface area contributed by atoms with Crippen LogP contribution < -0.4 is 5.32 Å². The second-order valence-electron chi connectivity index (χ2n) is 2.51. The van der Waals surface area contributed by atoms with E-state index in [1.807, 2.05) is 0 Å². The van der Waals surface area contributed by atoms with Gasteiger partial charge in [0.05, 0.1) is 10.5 Å². The summed E-state index contributed by atoms with van der Waals surface area (Å²) in [6.45, 7) is -0.511. The molecule has 0 aliphatic carbocycles. The summed E-state index contributed by atoms with van der Waals surface area (Å²) in [5.41, 5.74) is 0.0907. The van der Waals surface area contributed by atoms with Crippen LogP contribution in [0, 0.1) is 10.1 Å². The Labute approximate surface area is 87.5 Å². The molecular formula is C7H6N2O5S. The smallest absolute Gasteiger partial charge is 0.324 e. The molecule has 0 saturated heterocycles. The lowest BCUT2D eigenvalue weighted by atomic mass is 10.3. The van der Waals surface area contributed by atoms with Gasteiger partial charge in [-0.15, -0.1) is 0 Å². The summed E-state index contributed by atoms with van der Waals surface area (Å²) in [6.07, 6.45) is 0. The molecule has 0 atom stereocenters. The minimum atomic E-state index is -1.17. The number of nitrogens with one attached hydrogen (secondary N) is 1. The molecule has 0 saturated carbocycles. The predicted molar refractivity (Wildman–Crippen MR) is 50.9 cm³/mol. The van der Waals surface area contributed by atoms with Gasteiger partial charge in [-0.05, 0) is 0 Å². The Hall–Kier alpha value is -1.96. The molecule has 0 aliphatic heterocycles. The number of carbonyl (C=O) groups excluding carboxylic acids is 1. The zero-order valence-electron chi connectivity index (χ0n) is 7.30. The van der Waals surface area contributed by atoms with Gasteiger partial charge < -0.3 is 10.4 Å². The number of thiophene rings is 1. The van der Waals surface area contributed by atoms with Crippen LogP contribution in [0.1, 0.15) is 10.4 Å². The molecular weight excluding hydrogens is 224 g/mol. The van der Waals surface area contributed by atoms with E-state index < -0.39 is 23.3 Å². The first kappa shape index (κ1) is 11.1. The lowest BCUT2D eigenvalue weighted by Crippen LogP contribution is -2.28. The molecule has 0 unspecified atom stereocenters. The highest BCUT2D eigenvalue weighted by Gasteiger charge is 2.15. The molecule has 0 spiro atoms. The molecule has 0 bridgehead atoms. The summed E-state index contributed by atoms with van der Waals surface area (Å²) in [5, 5.41) is 21.8. The van der Waals surface area contributed by atoms with Gasteiger partial charge in [-0.3, -0.25) is 19.7 Å². The topological polar surface area (TPSA) is 110 Å². The van der Waals surface area contributed by atoms with Gasteiger partial charge >= 0.3 is 11.0 Å². The Morgan fingerprint density at radius 2 is 2.27 bits per heavy atom. The van der Waals surface area contributed by atoms with Gasteiger partial charge in [-0.2, -0.15) is 0 Å². The number of carbonyl (C=O) groups is 2. The van der Waals surface area contributed by atoms with E-state index in [2.05, 4.69) is 5.32 Å². The average Bonchev–Trinajstić information content (AvgIpc) is 2.62. The second kappa shape index (κ2) is 4.51. The molecule has 0 aliphatic rings. The maximum atomic E-state index is 11.2. The van der Waals surface area contributed by atoms with E-state index in [1.54, 1.807) is 0 Å². The first-order chi connectivity index (χ1) is 7.00. The molecule has 1 aromatic heterocycles. The average molecular weight is 230 g/mol. The van der Waals surface area contributed by atoms with Crippen molar-refractivity contribution >= 4 is 28.2 Å². The minimum Gasteiger partial charge on any atom is -0.480 e. The Bertz CT molecular complexity index is 413. The zero-order valence-corrected chi connectivity index (χ0v) is 8.11. The Morgan fingerprint density at radius 1 is 1.60 bits per heavy atom. The number of hydrogen-bond donors (Lipinski definition) is 2. The molecule has 2 N–H and O–H groups in total. The van der Waals surface area contributed by atoms with E-state index in [0.29, 0.717) is 0 Å². The molecule has 1 aromatic rings. The van der Waals surface area contributed by atoms with Gasteiger partial charge in [0, 0.05) is 11.4 Å². The zero-order chi connectivity index (χ0) is 11.4. The molecule has 80 valence electrons. The van der Waals surface area contributed by atoms with Crippen molar-refractivity contribution in [3.05, 3.63) is 27.1 Å². The van der Waals surface area contributed by atoms with Crippen molar-refractivity contribution < 1.29 is 19.6 Å². The molecule has 0 aromatic carbocycles. The molecule has 7 nitrogen and oxygen atoms in total. The van der Waals surface area contributed by atoms with Gasteiger partial charge in [0.2, 0.25) is 0 Å². The van der Waals surface area contributed by atoms with Gasteiger partial charge in [-0.25, -0.2) is 0 Å². The van der Waals surface area contributed by atoms with Crippen molar-refractivity contribution in [2.75, 3.05) is 6.54 Å². The molecule has 1 amide bonds. The number of carboxylic acid groups (broad SMARTS) is 1. The van der Waals surface area contributed by atoms with Crippen LogP contribution in [-0.4, -0.2) is 28.5 Å². The van der Waals surface area contributed by atoms with Crippen LogP contribution >= 0.6 is 11.3 Å². The van der Waals surface area contributed by atoms with Crippen molar-refractivity contribution in [2.45, 2.75) is 0 Å². The fourth-order valence-corrected chi connectivity index (χ4v) is 1.50. The number of nitro groups is 1. The standard InChI is InChI=1S/C7H6N2O5S/c10-6(11)2-8-7(12)4-1-5(9(13)14)15-3-4/h1,3H,2H2,(H,8,12)(H,10,11). The van der Waals surface area contributed by atoms with Gasteiger partial charge in [-0.1, -0.05) is 11.3 Å². The molecule has 0 radical (unpaired) electrons. The maximum absolute atomic E-state index is 11.2. The minimum absolute atomic E-state index is 0.0907. The predicted octanol–water partition coefficient (Wildman–Crippen LogP) is 0.471. The lowest BCUT2D eigenvalue weighted by molar-refractivity contribution is -0.380. The second-order valence-corrected chi connectivity index (χ2v) is 3.40. The van der Waals surface area contributed by atoms with E-state index in [0.717, 1.165) is 17.4 Å². The lowest BCUT2D eigenvalue weighted by Gasteiger charge is -1.97. The van der Waals surface area contributed by atoms with E-state index >= 15 is 0 Å². The first-order valence-electron chi connectivity index (χ1n) is 3.73. The number of carboxylic acids is 1. The van der Waals surface area contributed by atoms with Crippen molar-refractivity contribution in [3.63, 3.8) is 0 Å².